The lowest BCUT2D eigenvalue weighted by atomic mass is 9.85. The molecule has 1 aromatic rings. The summed E-state index contributed by atoms with van der Waals surface area (Å²) in [5.74, 6) is -0.287. The molecular weight excluding hydrogens is 244 g/mol. The molecule has 0 spiro atoms. The monoisotopic (exact) mass is 262 g/mol. The van der Waals surface area contributed by atoms with Crippen LogP contribution in [-0.4, -0.2) is 36.6 Å². The SMILES string of the molecule is CC(C)(CO)c1cccc(N2CC(=O)NCC2=O)c1. The van der Waals surface area contributed by atoms with Crippen LogP contribution in [0.5, 0.6) is 0 Å². The predicted octanol–water partition coefficient (Wildman–Crippen LogP) is 0.419. The van der Waals surface area contributed by atoms with Crippen LogP contribution in [0, 0.1) is 0 Å². The summed E-state index contributed by atoms with van der Waals surface area (Å²) in [6.07, 6.45) is 0. The van der Waals surface area contributed by atoms with Crippen molar-refractivity contribution < 1.29 is 14.7 Å². The van der Waals surface area contributed by atoms with Crippen molar-refractivity contribution in [3.05, 3.63) is 29.8 Å². The molecule has 1 aliphatic rings. The van der Waals surface area contributed by atoms with Crippen molar-refractivity contribution in [2.24, 2.45) is 0 Å². The molecular formula is C14H18N2O3. The van der Waals surface area contributed by atoms with Gasteiger partial charge in [0.15, 0.2) is 0 Å². The quantitative estimate of drug-likeness (QED) is 0.829. The Hall–Kier alpha value is -1.88. The highest BCUT2D eigenvalue weighted by atomic mass is 16.3. The Morgan fingerprint density at radius 3 is 2.79 bits per heavy atom. The van der Waals surface area contributed by atoms with E-state index in [4.69, 9.17) is 0 Å². The van der Waals surface area contributed by atoms with E-state index in [2.05, 4.69) is 5.32 Å². The average Bonchev–Trinajstić information content (AvgIpc) is 2.41. The Kier molecular flexibility index (Phi) is 3.57. The number of amides is 2. The number of benzene rings is 1. The molecule has 0 atom stereocenters. The molecule has 0 bridgehead atoms. The summed E-state index contributed by atoms with van der Waals surface area (Å²) in [6.45, 7) is 3.95. The van der Waals surface area contributed by atoms with Gasteiger partial charge in [0.25, 0.3) is 0 Å². The van der Waals surface area contributed by atoms with Crippen LogP contribution < -0.4 is 10.2 Å². The second kappa shape index (κ2) is 5.01. The number of carbonyl (C=O) groups is 2. The number of carbonyl (C=O) groups excluding carboxylic acids is 2. The average molecular weight is 262 g/mol. The summed E-state index contributed by atoms with van der Waals surface area (Å²) in [5.41, 5.74) is 1.25. The topological polar surface area (TPSA) is 69.6 Å². The summed E-state index contributed by atoms with van der Waals surface area (Å²) in [6, 6.07) is 7.40. The zero-order valence-electron chi connectivity index (χ0n) is 11.1. The summed E-state index contributed by atoms with van der Waals surface area (Å²) >= 11 is 0. The van der Waals surface area contributed by atoms with Gasteiger partial charge < -0.3 is 15.3 Å². The van der Waals surface area contributed by atoms with Crippen molar-refractivity contribution in [3.8, 4) is 0 Å². The van der Waals surface area contributed by atoms with Crippen molar-refractivity contribution >= 4 is 17.5 Å². The largest absolute Gasteiger partial charge is 0.395 e. The lowest BCUT2D eigenvalue weighted by molar-refractivity contribution is -0.128. The molecule has 1 saturated heterocycles. The molecule has 102 valence electrons. The fourth-order valence-electron chi connectivity index (χ4n) is 1.98. The molecule has 2 amide bonds. The summed E-state index contributed by atoms with van der Waals surface area (Å²) in [7, 11) is 0. The molecule has 2 rings (SSSR count). The third-order valence-corrected chi connectivity index (χ3v) is 3.37. The van der Waals surface area contributed by atoms with Gasteiger partial charge in [0.05, 0.1) is 13.2 Å². The minimum absolute atomic E-state index is 0.0187. The van der Waals surface area contributed by atoms with Crippen LogP contribution in [0.3, 0.4) is 0 Å². The van der Waals surface area contributed by atoms with E-state index in [0.29, 0.717) is 5.69 Å². The number of hydrogen-bond donors (Lipinski definition) is 2. The number of rotatable bonds is 3. The zero-order chi connectivity index (χ0) is 14.0. The van der Waals surface area contributed by atoms with Crippen LogP contribution in [-0.2, 0) is 15.0 Å². The third kappa shape index (κ3) is 2.76. The summed E-state index contributed by atoms with van der Waals surface area (Å²) < 4.78 is 0. The molecule has 1 aliphatic heterocycles. The van der Waals surface area contributed by atoms with Gasteiger partial charge in [-0.25, -0.2) is 0 Å². The maximum absolute atomic E-state index is 11.8. The van der Waals surface area contributed by atoms with Crippen LogP contribution in [0.1, 0.15) is 19.4 Å². The van der Waals surface area contributed by atoms with Gasteiger partial charge in [-0.1, -0.05) is 26.0 Å². The van der Waals surface area contributed by atoms with Gasteiger partial charge in [-0.05, 0) is 17.7 Å². The van der Waals surface area contributed by atoms with E-state index in [1.807, 2.05) is 32.0 Å². The first-order chi connectivity index (χ1) is 8.94. The van der Waals surface area contributed by atoms with E-state index in [0.717, 1.165) is 5.56 Å². The van der Waals surface area contributed by atoms with Gasteiger partial charge in [-0.3, -0.25) is 9.59 Å². The number of hydrogen-bond acceptors (Lipinski definition) is 3. The second-order valence-corrected chi connectivity index (χ2v) is 5.35. The Morgan fingerprint density at radius 1 is 1.37 bits per heavy atom. The van der Waals surface area contributed by atoms with Gasteiger partial charge in [-0.15, -0.1) is 0 Å². The highest BCUT2D eigenvalue weighted by Crippen LogP contribution is 2.26. The molecule has 0 aliphatic carbocycles. The maximum Gasteiger partial charge on any atom is 0.246 e. The number of nitrogens with zero attached hydrogens (tertiary/aromatic N) is 1. The van der Waals surface area contributed by atoms with Crippen molar-refractivity contribution in [2.45, 2.75) is 19.3 Å². The Bertz CT molecular complexity index is 511. The molecule has 1 heterocycles. The molecule has 0 unspecified atom stereocenters. The first-order valence-corrected chi connectivity index (χ1v) is 6.22. The van der Waals surface area contributed by atoms with Crippen LogP contribution in [0.15, 0.2) is 24.3 Å². The lowest BCUT2D eigenvalue weighted by Crippen LogP contribution is -2.51. The van der Waals surface area contributed by atoms with Gasteiger partial charge >= 0.3 is 0 Å². The number of piperazine rings is 1. The molecule has 0 saturated carbocycles. The van der Waals surface area contributed by atoms with Gasteiger partial charge in [0, 0.05) is 11.1 Å². The van der Waals surface area contributed by atoms with Crippen molar-refractivity contribution in [1.29, 1.82) is 0 Å². The van der Waals surface area contributed by atoms with E-state index in [-0.39, 0.29) is 36.9 Å². The van der Waals surface area contributed by atoms with Crippen molar-refractivity contribution in [1.82, 2.24) is 5.32 Å². The lowest BCUT2D eigenvalue weighted by Gasteiger charge is -2.29. The van der Waals surface area contributed by atoms with E-state index in [1.54, 1.807) is 6.07 Å². The van der Waals surface area contributed by atoms with E-state index >= 15 is 0 Å². The van der Waals surface area contributed by atoms with E-state index in [1.165, 1.54) is 4.90 Å². The smallest absolute Gasteiger partial charge is 0.246 e. The first-order valence-electron chi connectivity index (χ1n) is 6.22. The normalized spacial score (nSPS) is 16.5. The Balaban J connectivity index is 2.33. The van der Waals surface area contributed by atoms with Crippen LogP contribution in [0.4, 0.5) is 5.69 Å². The van der Waals surface area contributed by atoms with Crippen LogP contribution >= 0.6 is 0 Å². The maximum atomic E-state index is 11.8. The second-order valence-electron chi connectivity index (χ2n) is 5.35. The fourth-order valence-corrected chi connectivity index (χ4v) is 1.98. The Labute approximate surface area is 112 Å². The fraction of sp³-hybridized carbons (Fsp3) is 0.429. The van der Waals surface area contributed by atoms with E-state index in [9.17, 15) is 14.7 Å². The number of aliphatic hydroxyl groups excluding tert-OH is 1. The first kappa shape index (κ1) is 13.5. The summed E-state index contributed by atoms with van der Waals surface area (Å²) in [5, 5.41) is 11.9. The van der Waals surface area contributed by atoms with Crippen LogP contribution in [0.2, 0.25) is 0 Å². The standard InChI is InChI=1S/C14H18N2O3/c1-14(2,9-17)10-4-3-5-11(6-10)16-8-12(18)15-7-13(16)19/h3-6,17H,7-9H2,1-2H3,(H,15,18). The molecule has 2 N–H and O–H groups in total. The van der Waals surface area contributed by atoms with Crippen LogP contribution in [0.25, 0.3) is 0 Å². The van der Waals surface area contributed by atoms with Gasteiger partial charge in [0.2, 0.25) is 11.8 Å². The number of aliphatic hydroxyl groups is 1. The zero-order valence-corrected chi connectivity index (χ0v) is 11.1. The van der Waals surface area contributed by atoms with Crippen molar-refractivity contribution in [2.75, 3.05) is 24.6 Å². The highest BCUT2D eigenvalue weighted by Gasteiger charge is 2.26. The summed E-state index contributed by atoms with van der Waals surface area (Å²) in [4.78, 5) is 24.7. The number of nitrogens with one attached hydrogen (secondary N) is 1. The highest BCUT2D eigenvalue weighted by molar-refractivity contribution is 6.04. The van der Waals surface area contributed by atoms with E-state index < -0.39 is 0 Å². The molecule has 0 radical (unpaired) electrons. The molecule has 5 heteroatoms. The molecule has 1 aromatic carbocycles. The molecule has 1 fully saturated rings. The van der Waals surface area contributed by atoms with Gasteiger partial charge in [-0.2, -0.15) is 0 Å². The third-order valence-electron chi connectivity index (χ3n) is 3.37. The minimum Gasteiger partial charge on any atom is -0.395 e. The Morgan fingerprint density at radius 2 is 2.11 bits per heavy atom. The number of anilines is 1. The predicted molar refractivity (Wildman–Crippen MR) is 71.9 cm³/mol. The molecule has 19 heavy (non-hydrogen) atoms. The molecule has 0 aromatic heterocycles. The van der Waals surface area contributed by atoms with Crippen molar-refractivity contribution in [3.63, 3.8) is 0 Å². The minimum atomic E-state index is -0.378. The van der Waals surface area contributed by atoms with Gasteiger partial charge in [0.1, 0.15) is 6.54 Å². The molecule has 5 nitrogen and oxygen atoms in total.